The van der Waals surface area contributed by atoms with E-state index in [4.69, 9.17) is 4.74 Å². The van der Waals surface area contributed by atoms with Gasteiger partial charge in [-0.2, -0.15) is 0 Å². The van der Waals surface area contributed by atoms with E-state index >= 15 is 0 Å². The van der Waals surface area contributed by atoms with Crippen molar-refractivity contribution >= 4 is 23.4 Å². The summed E-state index contributed by atoms with van der Waals surface area (Å²) in [6.07, 6.45) is 3.63. The van der Waals surface area contributed by atoms with Crippen molar-refractivity contribution in [1.82, 2.24) is 4.90 Å². The van der Waals surface area contributed by atoms with Gasteiger partial charge in [-0.1, -0.05) is 13.8 Å². The van der Waals surface area contributed by atoms with Gasteiger partial charge in [0.2, 0.25) is 0 Å². The molecule has 0 atom stereocenters. The lowest BCUT2D eigenvalue weighted by Gasteiger charge is -2.22. The lowest BCUT2D eigenvalue weighted by Crippen LogP contribution is -2.29. The molecule has 0 unspecified atom stereocenters. The zero-order valence-corrected chi connectivity index (χ0v) is 16.1. The van der Waals surface area contributed by atoms with E-state index < -0.39 is 4.92 Å². The summed E-state index contributed by atoms with van der Waals surface area (Å²) in [5.41, 5.74) is 3.10. The van der Waals surface area contributed by atoms with E-state index in [1.807, 2.05) is 30.3 Å². The Hall–Kier alpha value is -3.41. The third kappa shape index (κ3) is 4.11. The van der Waals surface area contributed by atoms with Gasteiger partial charge >= 0.3 is 0 Å². The SMILES string of the molecule is COc1ccc(C2=C/C(=C/c3ccc([N+](=O)[O-])cc3)C(=O)N2CC(C)C)cc1. The van der Waals surface area contributed by atoms with Crippen molar-refractivity contribution < 1.29 is 14.5 Å². The van der Waals surface area contributed by atoms with Gasteiger partial charge in [0.1, 0.15) is 5.75 Å². The molecule has 0 aromatic heterocycles. The van der Waals surface area contributed by atoms with E-state index in [1.54, 1.807) is 30.2 Å². The van der Waals surface area contributed by atoms with Crippen LogP contribution in [0, 0.1) is 16.0 Å². The zero-order valence-electron chi connectivity index (χ0n) is 16.1. The topological polar surface area (TPSA) is 72.7 Å². The quantitative estimate of drug-likeness (QED) is 0.421. The molecule has 3 rings (SSSR count). The van der Waals surface area contributed by atoms with Crippen LogP contribution >= 0.6 is 0 Å². The lowest BCUT2D eigenvalue weighted by atomic mass is 10.1. The number of carbonyl (C=O) groups is 1. The molecule has 1 aliphatic heterocycles. The molecule has 0 bridgehead atoms. The number of nitro groups is 1. The molecule has 0 N–H and O–H groups in total. The van der Waals surface area contributed by atoms with Crippen LogP contribution < -0.4 is 4.74 Å². The first-order chi connectivity index (χ1) is 13.4. The third-order valence-corrected chi connectivity index (χ3v) is 4.43. The number of methoxy groups -OCH3 is 1. The minimum atomic E-state index is -0.441. The van der Waals surface area contributed by atoms with Crippen molar-refractivity contribution in [3.05, 3.63) is 81.4 Å². The number of benzene rings is 2. The van der Waals surface area contributed by atoms with Crippen molar-refractivity contribution in [2.24, 2.45) is 5.92 Å². The average Bonchev–Trinajstić information content (AvgIpc) is 2.97. The number of ether oxygens (including phenoxy) is 1. The second kappa shape index (κ2) is 8.08. The van der Waals surface area contributed by atoms with Gasteiger partial charge in [0.25, 0.3) is 11.6 Å². The predicted molar refractivity (Wildman–Crippen MR) is 109 cm³/mol. The number of carbonyl (C=O) groups excluding carboxylic acids is 1. The van der Waals surface area contributed by atoms with Gasteiger partial charge in [0, 0.05) is 24.3 Å². The summed E-state index contributed by atoms with van der Waals surface area (Å²) >= 11 is 0. The van der Waals surface area contributed by atoms with Crippen molar-refractivity contribution in [2.45, 2.75) is 13.8 Å². The summed E-state index contributed by atoms with van der Waals surface area (Å²) < 4.78 is 5.21. The maximum absolute atomic E-state index is 13.0. The van der Waals surface area contributed by atoms with Crippen molar-refractivity contribution in [3.63, 3.8) is 0 Å². The molecule has 0 saturated heterocycles. The molecule has 28 heavy (non-hydrogen) atoms. The predicted octanol–water partition coefficient (Wildman–Crippen LogP) is 4.53. The maximum Gasteiger partial charge on any atom is 0.269 e. The number of hydrogen-bond donors (Lipinski definition) is 0. The molecule has 2 aromatic rings. The second-order valence-corrected chi connectivity index (χ2v) is 7.02. The summed E-state index contributed by atoms with van der Waals surface area (Å²) in [5, 5.41) is 10.8. The average molecular weight is 378 g/mol. The Morgan fingerprint density at radius 2 is 1.75 bits per heavy atom. The Bertz CT molecular complexity index is 942. The van der Waals surface area contributed by atoms with E-state index in [0.29, 0.717) is 18.0 Å². The van der Waals surface area contributed by atoms with Gasteiger partial charge in [-0.05, 0) is 65.6 Å². The molecular formula is C22H22N2O4. The van der Waals surface area contributed by atoms with Crippen LogP contribution in [0.15, 0.2) is 60.2 Å². The van der Waals surface area contributed by atoms with E-state index in [0.717, 1.165) is 22.6 Å². The number of amides is 1. The van der Waals surface area contributed by atoms with Crippen LogP contribution in [0.5, 0.6) is 5.75 Å². The minimum absolute atomic E-state index is 0.0239. The monoisotopic (exact) mass is 378 g/mol. The van der Waals surface area contributed by atoms with Crippen LogP contribution in [0.1, 0.15) is 25.0 Å². The highest BCUT2D eigenvalue weighted by molar-refractivity contribution is 6.10. The van der Waals surface area contributed by atoms with Gasteiger partial charge < -0.3 is 9.64 Å². The summed E-state index contributed by atoms with van der Waals surface area (Å²) in [6.45, 7) is 4.74. The largest absolute Gasteiger partial charge is 0.497 e. The Labute approximate surface area is 163 Å². The highest BCUT2D eigenvalue weighted by atomic mass is 16.6. The Balaban J connectivity index is 1.97. The molecule has 0 spiro atoms. The first-order valence-electron chi connectivity index (χ1n) is 9.03. The van der Waals surface area contributed by atoms with Crippen LogP contribution in [0.3, 0.4) is 0 Å². The van der Waals surface area contributed by atoms with E-state index in [9.17, 15) is 14.9 Å². The molecule has 6 nitrogen and oxygen atoms in total. The summed E-state index contributed by atoms with van der Waals surface area (Å²) in [4.78, 5) is 25.2. The van der Waals surface area contributed by atoms with E-state index in [1.165, 1.54) is 12.1 Å². The summed E-state index contributed by atoms with van der Waals surface area (Å²) in [7, 11) is 1.61. The lowest BCUT2D eigenvalue weighted by molar-refractivity contribution is -0.384. The molecule has 6 heteroatoms. The first kappa shape index (κ1) is 19.4. The number of nitrogens with zero attached hydrogens (tertiary/aromatic N) is 2. The Morgan fingerprint density at radius 3 is 2.29 bits per heavy atom. The van der Waals surface area contributed by atoms with Crippen molar-refractivity contribution in [3.8, 4) is 5.75 Å². The van der Waals surface area contributed by atoms with Crippen molar-refractivity contribution in [2.75, 3.05) is 13.7 Å². The van der Waals surface area contributed by atoms with Crippen molar-refractivity contribution in [1.29, 1.82) is 0 Å². The molecule has 0 aliphatic carbocycles. The number of rotatable bonds is 6. The van der Waals surface area contributed by atoms with Gasteiger partial charge in [-0.25, -0.2) is 0 Å². The van der Waals surface area contributed by atoms with E-state index in [-0.39, 0.29) is 11.6 Å². The highest BCUT2D eigenvalue weighted by Gasteiger charge is 2.29. The number of nitro benzene ring substituents is 1. The molecule has 144 valence electrons. The molecule has 1 heterocycles. The fourth-order valence-electron chi connectivity index (χ4n) is 3.07. The third-order valence-electron chi connectivity index (χ3n) is 4.43. The fourth-order valence-corrected chi connectivity index (χ4v) is 3.07. The standard InChI is InChI=1S/C22H22N2O4/c1-15(2)14-23-21(17-6-10-20(28-3)11-7-17)13-18(22(23)25)12-16-4-8-19(9-5-16)24(26)27/h4-13,15H,14H2,1-3H3/b18-12-. The van der Waals surface area contributed by atoms with Crippen LogP contribution in [0.25, 0.3) is 11.8 Å². The van der Waals surface area contributed by atoms with Crippen LogP contribution in [0.4, 0.5) is 5.69 Å². The zero-order chi connectivity index (χ0) is 20.3. The maximum atomic E-state index is 13.0. The van der Waals surface area contributed by atoms with Crippen LogP contribution in [-0.2, 0) is 4.79 Å². The summed E-state index contributed by atoms with van der Waals surface area (Å²) in [6, 6.07) is 13.8. The fraction of sp³-hybridized carbons (Fsp3) is 0.227. The van der Waals surface area contributed by atoms with Gasteiger partial charge in [0.05, 0.1) is 17.7 Å². The van der Waals surface area contributed by atoms with Gasteiger partial charge in [-0.3, -0.25) is 14.9 Å². The van der Waals surface area contributed by atoms with Gasteiger partial charge in [0.15, 0.2) is 0 Å². The minimum Gasteiger partial charge on any atom is -0.497 e. The van der Waals surface area contributed by atoms with Crippen LogP contribution in [0.2, 0.25) is 0 Å². The van der Waals surface area contributed by atoms with Crippen LogP contribution in [-0.4, -0.2) is 29.4 Å². The number of non-ortho nitro benzene ring substituents is 1. The smallest absolute Gasteiger partial charge is 0.269 e. The molecule has 0 saturated carbocycles. The molecule has 1 aliphatic rings. The van der Waals surface area contributed by atoms with E-state index in [2.05, 4.69) is 13.8 Å². The summed E-state index contributed by atoms with van der Waals surface area (Å²) in [5.74, 6) is 0.993. The molecule has 0 fully saturated rings. The second-order valence-electron chi connectivity index (χ2n) is 7.02. The Morgan fingerprint density at radius 1 is 1.11 bits per heavy atom. The highest BCUT2D eigenvalue weighted by Crippen LogP contribution is 2.32. The molecule has 2 aromatic carbocycles. The molecule has 0 radical (unpaired) electrons. The van der Waals surface area contributed by atoms with Gasteiger partial charge in [-0.15, -0.1) is 0 Å². The first-order valence-corrected chi connectivity index (χ1v) is 9.03. The number of hydrogen-bond acceptors (Lipinski definition) is 4. The normalized spacial score (nSPS) is 15.3. The molecule has 1 amide bonds. The Kier molecular flexibility index (Phi) is 5.59. The molecular weight excluding hydrogens is 356 g/mol.